The zero-order chi connectivity index (χ0) is 16.8. The normalized spacial score (nSPS) is 22.2. The van der Waals surface area contributed by atoms with Crippen molar-refractivity contribution in [3.63, 3.8) is 0 Å². The Morgan fingerprint density at radius 2 is 1.58 bits per heavy atom. The summed E-state index contributed by atoms with van der Waals surface area (Å²) in [6.45, 7) is 0.852. The number of phenols is 1. The van der Waals surface area contributed by atoms with Gasteiger partial charge in [-0.25, -0.2) is 0 Å². The number of nitrogens with one attached hydrogen (secondary N) is 1. The van der Waals surface area contributed by atoms with Crippen molar-refractivity contribution < 1.29 is 10.2 Å². The van der Waals surface area contributed by atoms with Crippen molar-refractivity contribution in [1.29, 1.82) is 0 Å². The second kappa shape index (κ2) is 8.32. The maximum absolute atomic E-state index is 10.2. The largest absolute Gasteiger partial charge is 0.508 e. The lowest BCUT2D eigenvalue weighted by molar-refractivity contribution is 0.164. The third-order valence-corrected chi connectivity index (χ3v) is 5.13. The summed E-state index contributed by atoms with van der Waals surface area (Å²) in [4.78, 5) is 0. The fourth-order valence-corrected chi connectivity index (χ4v) is 3.64. The van der Waals surface area contributed by atoms with Crippen LogP contribution in [-0.2, 0) is 0 Å². The van der Waals surface area contributed by atoms with Crippen molar-refractivity contribution >= 4 is 0 Å². The summed E-state index contributed by atoms with van der Waals surface area (Å²) in [6.07, 6.45) is 5.09. The summed E-state index contributed by atoms with van der Waals surface area (Å²) in [7, 11) is 0. The second-order valence-corrected chi connectivity index (χ2v) is 6.81. The van der Waals surface area contributed by atoms with Crippen LogP contribution in [0.5, 0.6) is 5.75 Å². The molecule has 1 saturated carbocycles. The molecule has 2 aromatic carbocycles. The van der Waals surface area contributed by atoms with Crippen LogP contribution in [0.15, 0.2) is 54.6 Å². The van der Waals surface area contributed by atoms with E-state index in [-0.39, 0.29) is 6.10 Å². The second-order valence-electron chi connectivity index (χ2n) is 6.81. The lowest BCUT2D eigenvalue weighted by Crippen LogP contribution is -2.34. The number of aromatic hydroxyl groups is 1. The van der Waals surface area contributed by atoms with E-state index in [1.165, 1.54) is 31.2 Å². The Morgan fingerprint density at radius 1 is 0.917 bits per heavy atom. The van der Waals surface area contributed by atoms with Gasteiger partial charge in [0.2, 0.25) is 0 Å². The number of aliphatic hydroxyl groups is 1. The quantitative estimate of drug-likeness (QED) is 0.748. The minimum Gasteiger partial charge on any atom is -0.508 e. The number of hydrogen-bond acceptors (Lipinski definition) is 3. The van der Waals surface area contributed by atoms with Crippen molar-refractivity contribution in [3.8, 4) is 5.75 Å². The molecule has 1 aliphatic rings. The number of benzene rings is 2. The summed E-state index contributed by atoms with van der Waals surface area (Å²) in [6, 6.07) is 18.1. The minimum absolute atomic E-state index is 0.339. The maximum atomic E-state index is 10.2. The van der Waals surface area contributed by atoms with Crippen LogP contribution in [0.3, 0.4) is 0 Å². The Bertz CT molecular complexity index is 603. The van der Waals surface area contributed by atoms with Crippen LogP contribution in [0.1, 0.15) is 55.3 Å². The van der Waals surface area contributed by atoms with Crippen molar-refractivity contribution in [1.82, 2.24) is 5.32 Å². The standard InChI is InChI=1S/C21H27NO2/c23-20-12-8-17(9-13-20)16-6-10-19(11-7-16)22-15-14-21(24)18-4-2-1-3-5-18/h1-5,8-9,12-13,16,19,21-24H,6-7,10-11,14-15H2/t16-,19-,21?. The molecule has 0 bridgehead atoms. The lowest BCUT2D eigenvalue weighted by atomic mass is 9.81. The third kappa shape index (κ3) is 4.59. The highest BCUT2D eigenvalue weighted by Gasteiger charge is 2.22. The molecule has 0 amide bonds. The van der Waals surface area contributed by atoms with Crippen molar-refractivity contribution in [2.75, 3.05) is 6.54 Å². The molecule has 3 N–H and O–H groups in total. The van der Waals surface area contributed by atoms with Gasteiger partial charge >= 0.3 is 0 Å². The zero-order valence-corrected chi connectivity index (χ0v) is 14.1. The van der Waals surface area contributed by atoms with Gasteiger partial charge in [-0.15, -0.1) is 0 Å². The summed E-state index contributed by atoms with van der Waals surface area (Å²) in [5.74, 6) is 0.949. The van der Waals surface area contributed by atoms with E-state index in [0.29, 0.717) is 17.7 Å². The molecule has 3 nitrogen and oxygen atoms in total. The first-order valence-corrected chi connectivity index (χ1v) is 8.97. The van der Waals surface area contributed by atoms with E-state index in [1.807, 2.05) is 42.5 Å². The molecule has 1 atom stereocenters. The molecule has 0 radical (unpaired) electrons. The minimum atomic E-state index is -0.382. The Kier molecular flexibility index (Phi) is 5.89. The first-order chi connectivity index (χ1) is 11.7. The molecule has 1 aliphatic carbocycles. The van der Waals surface area contributed by atoms with Gasteiger partial charge in [0.05, 0.1) is 6.10 Å². The van der Waals surface area contributed by atoms with Gasteiger partial charge in [-0.3, -0.25) is 0 Å². The van der Waals surface area contributed by atoms with Crippen LogP contribution >= 0.6 is 0 Å². The predicted octanol–water partition coefficient (Wildman–Crippen LogP) is 4.13. The highest BCUT2D eigenvalue weighted by atomic mass is 16.3. The van der Waals surface area contributed by atoms with E-state index in [1.54, 1.807) is 12.1 Å². The van der Waals surface area contributed by atoms with Crippen molar-refractivity contribution in [2.24, 2.45) is 0 Å². The third-order valence-electron chi connectivity index (χ3n) is 5.13. The highest BCUT2D eigenvalue weighted by molar-refractivity contribution is 5.28. The smallest absolute Gasteiger partial charge is 0.115 e. The zero-order valence-electron chi connectivity index (χ0n) is 14.1. The number of hydrogen-bond donors (Lipinski definition) is 3. The number of phenolic OH excluding ortho intramolecular Hbond substituents is 1. The first-order valence-electron chi connectivity index (χ1n) is 8.97. The van der Waals surface area contributed by atoms with Gasteiger partial charge in [-0.2, -0.15) is 0 Å². The molecule has 0 heterocycles. The van der Waals surface area contributed by atoms with Crippen LogP contribution in [0.2, 0.25) is 0 Å². The fraction of sp³-hybridized carbons (Fsp3) is 0.429. The van der Waals surface area contributed by atoms with Gasteiger partial charge in [0.1, 0.15) is 5.75 Å². The van der Waals surface area contributed by atoms with Crippen LogP contribution < -0.4 is 5.32 Å². The molecular formula is C21H27NO2. The predicted molar refractivity (Wildman–Crippen MR) is 97.1 cm³/mol. The molecule has 2 aromatic rings. The lowest BCUT2D eigenvalue weighted by Gasteiger charge is -2.29. The van der Waals surface area contributed by atoms with E-state index in [9.17, 15) is 10.2 Å². The van der Waals surface area contributed by atoms with Gasteiger partial charge in [-0.05, 0) is 67.8 Å². The van der Waals surface area contributed by atoms with Crippen molar-refractivity contribution in [3.05, 3.63) is 65.7 Å². The summed E-state index contributed by atoms with van der Waals surface area (Å²) in [5.41, 5.74) is 2.33. The topological polar surface area (TPSA) is 52.5 Å². The van der Waals surface area contributed by atoms with Gasteiger partial charge in [0, 0.05) is 6.04 Å². The van der Waals surface area contributed by atoms with Crippen LogP contribution in [0, 0.1) is 0 Å². The molecule has 3 rings (SSSR count). The molecule has 0 aliphatic heterocycles. The maximum Gasteiger partial charge on any atom is 0.115 e. The van der Waals surface area contributed by atoms with Gasteiger partial charge < -0.3 is 15.5 Å². The van der Waals surface area contributed by atoms with E-state index in [2.05, 4.69) is 5.32 Å². The van der Waals surface area contributed by atoms with Crippen LogP contribution in [0.25, 0.3) is 0 Å². The monoisotopic (exact) mass is 325 g/mol. The molecule has 0 spiro atoms. The van der Waals surface area contributed by atoms with Gasteiger partial charge in [0.15, 0.2) is 0 Å². The van der Waals surface area contributed by atoms with E-state index >= 15 is 0 Å². The van der Waals surface area contributed by atoms with Crippen molar-refractivity contribution in [2.45, 2.75) is 50.2 Å². The molecule has 128 valence electrons. The average Bonchev–Trinajstić information content (AvgIpc) is 2.64. The molecule has 0 saturated heterocycles. The van der Waals surface area contributed by atoms with Crippen LogP contribution in [0.4, 0.5) is 0 Å². The van der Waals surface area contributed by atoms with Gasteiger partial charge in [-0.1, -0.05) is 42.5 Å². The Morgan fingerprint density at radius 3 is 2.25 bits per heavy atom. The van der Waals surface area contributed by atoms with E-state index in [0.717, 1.165) is 18.5 Å². The highest BCUT2D eigenvalue weighted by Crippen LogP contribution is 2.33. The number of rotatable bonds is 6. The van der Waals surface area contributed by atoms with E-state index < -0.39 is 0 Å². The Labute approximate surface area is 144 Å². The van der Waals surface area contributed by atoms with Gasteiger partial charge in [0.25, 0.3) is 0 Å². The molecular weight excluding hydrogens is 298 g/mol. The summed E-state index contributed by atoms with van der Waals surface area (Å²) >= 11 is 0. The number of aliphatic hydroxyl groups excluding tert-OH is 1. The summed E-state index contributed by atoms with van der Waals surface area (Å²) < 4.78 is 0. The molecule has 3 heteroatoms. The van der Waals surface area contributed by atoms with Crippen LogP contribution in [-0.4, -0.2) is 22.8 Å². The first kappa shape index (κ1) is 17.0. The Hall–Kier alpha value is -1.84. The molecule has 0 aromatic heterocycles. The molecule has 1 unspecified atom stereocenters. The van der Waals surface area contributed by atoms with E-state index in [4.69, 9.17) is 0 Å². The molecule has 24 heavy (non-hydrogen) atoms. The summed E-state index contributed by atoms with van der Waals surface area (Å²) in [5, 5.41) is 23.2. The SMILES string of the molecule is Oc1ccc([C@H]2CC[C@H](NCCC(O)c3ccccc3)CC2)cc1. The fourth-order valence-electron chi connectivity index (χ4n) is 3.64. The molecule has 1 fully saturated rings. The Balaban J connectivity index is 1.39. The average molecular weight is 325 g/mol.